The molecule has 0 spiro atoms. The van der Waals surface area contributed by atoms with Gasteiger partial charge < -0.3 is 5.11 Å². The first kappa shape index (κ1) is 12.9. The topological polar surface area (TPSA) is 40.5 Å². The Morgan fingerprint density at radius 3 is 2.53 bits per heavy atom. The summed E-state index contributed by atoms with van der Waals surface area (Å²) in [6.07, 6.45) is 6.71. The van der Waals surface area contributed by atoms with Crippen LogP contribution < -0.4 is 0 Å². The lowest BCUT2D eigenvalue weighted by Crippen LogP contribution is -2.53. The lowest BCUT2D eigenvalue weighted by Gasteiger charge is -2.46. The second kappa shape index (κ2) is 5.38. The highest BCUT2D eigenvalue weighted by Gasteiger charge is 2.40. The fraction of sp³-hybridized carbons (Fsp3) is 0.929. The van der Waals surface area contributed by atoms with Crippen LogP contribution in [0.25, 0.3) is 0 Å². The predicted molar refractivity (Wildman–Crippen MR) is 67.9 cm³/mol. The van der Waals surface area contributed by atoms with Crippen molar-refractivity contribution in [1.29, 1.82) is 0 Å². The molecule has 98 valence electrons. The van der Waals surface area contributed by atoms with Crippen molar-refractivity contribution in [1.82, 2.24) is 4.90 Å². The van der Waals surface area contributed by atoms with Gasteiger partial charge in [-0.15, -0.1) is 0 Å². The van der Waals surface area contributed by atoms with E-state index in [1.54, 1.807) is 0 Å². The molecule has 1 atom stereocenters. The molecule has 1 saturated carbocycles. The molecule has 0 aromatic carbocycles. The quantitative estimate of drug-likeness (QED) is 0.823. The molecular weight excluding hydrogens is 214 g/mol. The van der Waals surface area contributed by atoms with Gasteiger partial charge in [0, 0.05) is 6.04 Å². The molecule has 0 aromatic heterocycles. The second-order valence-corrected chi connectivity index (χ2v) is 6.07. The SMILES string of the molecule is CC(C)C1CC(N2CCCCCC2C(=O)O)C1. The lowest BCUT2D eigenvalue weighted by molar-refractivity contribution is -0.146. The summed E-state index contributed by atoms with van der Waals surface area (Å²) in [5.74, 6) is 0.958. The fourth-order valence-corrected chi connectivity index (χ4v) is 3.28. The van der Waals surface area contributed by atoms with Gasteiger partial charge in [0.25, 0.3) is 0 Å². The van der Waals surface area contributed by atoms with Gasteiger partial charge in [-0.2, -0.15) is 0 Å². The minimum Gasteiger partial charge on any atom is -0.480 e. The average Bonchev–Trinajstić information content (AvgIpc) is 2.40. The first-order valence-electron chi connectivity index (χ1n) is 7.08. The molecule has 3 heteroatoms. The molecule has 3 nitrogen and oxygen atoms in total. The summed E-state index contributed by atoms with van der Waals surface area (Å²) in [6, 6.07) is 0.331. The van der Waals surface area contributed by atoms with E-state index >= 15 is 0 Å². The monoisotopic (exact) mass is 239 g/mol. The molecule has 0 bridgehead atoms. The number of carboxylic acids is 1. The largest absolute Gasteiger partial charge is 0.480 e. The standard InChI is InChI=1S/C14H25NO2/c1-10(2)11-8-12(9-11)15-7-5-3-4-6-13(15)14(16)17/h10-13H,3-9H2,1-2H3,(H,16,17). The highest BCUT2D eigenvalue weighted by molar-refractivity contribution is 5.73. The van der Waals surface area contributed by atoms with Crippen LogP contribution in [0.4, 0.5) is 0 Å². The van der Waals surface area contributed by atoms with Crippen LogP contribution in [0.3, 0.4) is 0 Å². The number of hydrogen-bond acceptors (Lipinski definition) is 2. The van der Waals surface area contributed by atoms with Crippen molar-refractivity contribution in [3.05, 3.63) is 0 Å². The van der Waals surface area contributed by atoms with Gasteiger partial charge in [-0.3, -0.25) is 9.69 Å². The summed E-state index contributed by atoms with van der Waals surface area (Å²) in [7, 11) is 0. The number of likely N-dealkylation sites (tertiary alicyclic amines) is 1. The van der Waals surface area contributed by atoms with Crippen molar-refractivity contribution in [3.8, 4) is 0 Å². The number of hydrogen-bond donors (Lipinski definition) is 1. The Labute approximate surface area is 104 Å². The molecule has 0 amide bonds. The molecule has 1 N–H and O–H groups in total. The van der Waals surface area contributed by atoms with Gasteiger partial charge in [0.15, 0.2) is 0 Å². The zero-order chi connectivity index (χ0) is 12.4. The highest BCUT2D eigenvalue weighted by atomic mass is 16.4. The first-order valence-corrected chi connectivity index (χ1v) is 7.08. The van der Waals surface area contributed by atoms with E-state index in [2.05, 4.69) is 18.7 Å². The summed E-state index contributed by atoms with van der Waals surface area (Å²) < 4.78 is 0. The van der Waals surface area contributed by atoms with Crippen molar-refractivity contribution in [2.45, 2.75) is 64.5 Å². The lowest BCUT2D eigenvalue weighted by atomic mass is 9.72. The first-order chi connectivity index (χ1) is 8.09. The molecule has 2 fully saturated rings. The maximum atomic E-state index is 11.3. The molecule has 1 aliphatic heterocycles. The third kappa shape index (κ3) is 2.82. The van der Waals surface area contributed by atoms with Crippen LogP contribution in [-0.4, -0.2) is 34.6 Å². The third-order valence-electron chi connectivity index (χ3n) is 4.64. The van der Waals surface area contributed by atoms with Crippen molar-refractivity contribution < 1.29 is 9.90 Å². The molecule has 1 unspecified atom stereocenters. The smallest absolute Gasteiger partial charge is 0.320 e. The van der Waals surface area contributed by atoms with Gasteiger partial charge in [-0.25, -0.2) is 0 Å². The van der Waals surface area contributed by atoms with E-state index in [-0.39, 0.29) is 6.04 Å². The van der Waals surface area contributed by atoms with Crippen molar-refractivity contribution >= 4 is 5.97 Å². The zero-order valence-corrected chi connectivity index (χ0v) is 11.1. The van der Waals surface area contributed by atoms with Crippen LogP contribution in [0.15, 0.2) is 0 Å². The van der Waals surface area contributed by atoms with Gasteiger partial charge in [0.2, 0.25) is 0 Å². The fourth-order valence-electron chi connectivity index (χ4n) is 3.28. The molecular formula is C14H25NO2. The minimum atomic E-state index is -0.611. The maximum absolute atomic E-state index is 11.3. The number of aliphatic carboxylic acids is 1. The van der Waals surface area contributed by atoms with Gasteiger partial charge >= 0.3 is 5.97 Å². The Hall–Kier alpha value is -0.570. The van der Waals surface area contributed by atoms with E-state index in [9.17, 15) is 9.90 Å². The summed E-state index contributed by atoms with van der Waals surface area (Å²) in [6.45, 7) is 5.54. The zero-order valence-electron chi connectivity index (χ0n) is 11.1. The Morgan fingerprint density at radius 1 is 1.24 bits per heavy atom. The summed E-state index contributed by atoms with van der Waals surface area (Å²) in [5, 5.41) is 9.34. The predicted octanol–water partition coefficient (Wildman–Crippen LogP) is 2.75. The second-order valence-electron chi connectivity index (χ2n) is 6.07. The van der Waals surface area contributed by atoms with E-state index in [1.165, 1.54) is 25.7 Å². The van der Waals surface area contributed by atoms with E-state index < -0.39 is 5.97 Å². The summed E-state index contributed by atoms with van der Waals surface area (Å²) >= 11 is 0. The molecule has 1 aliphatic carbocycles. The van der Waals surface area contributed by atoms with Gasteiger partial charge in [0.1, 0.15) is 6.04 Å². The van der Waals surface area contributed by atoms with Crippen LogP contribution in [0.1, 0.15) is 52.4 Å². The van der Waals surface area contributed by atoms with E-state index in [4.69, 9.17) is 0 Å². The van der Waals surface area contributed by atoms with Crippen LogP contribution in [0.5, 0.6) is 0 Å². The molecule has 2 rings (SSSR count). The van der Waals surface area contributed by atoms with Gasteiger partial charge in [-0.05, 0) is 44.1 Å². The van der Waals surface area contributed by atoms with Gasteiger partial charge in [0.05, 0.1) is 0 Å². The van der Waals surface area contributed by atoms with Crippen LogP contribution in [0, 0.1) is 11.8 Å². The number of nitrogens with zero attached hydrogens (tertiary/aromatic N) is 1. The number of carbonyl (C=O) groups is 1. The Kier molecular flexibility index (Phi) is 4.08. The maximum Gasteiger partial charge on any atom is 0.320 e. The van der Waals surface area contributed by atoms with Crippen LogP contribution in [-0.2, 0) is 4.79 Å². The average molecular weight is 239 g/mol. The number of rotatable bonds is 3. The molecule has 1 saturated heterocycles. The van der Waals surface area contributed by atoms with Crippen LogP contribution >= 0.6 is 0 Å². The summed E-state index contributed by atoms with van der Waals surface area (Å²) in [4.78, 5) is 13.6. The molecule has 0 aromatic rings. The minimum absolute atomic E-state index is 0.212. The Bertz CT molecular complexity index is 271. The van der Waals surface area contributed by atoms with Crippen molar-refractivity contribution in [3.63, 3.8) is 0 Å². The van der Waals surface area contributed by atoms with Crippen LogP contribution in [0.2, 0.25) is 0 Å². The van der Waals surface area contributed by atoms with Crippen molar-refractivity contribution in [2.24, 2.45) is 11.8 Å². The molecule has 2 aliphatic rings. The molecule has 1 heterocycles. The van der Waals surface area contributed by atoms with E-state index in [1.807, 2.05) is 0 Å². The Balaban J connectivity index is 1.95. The molecule has 17 heavy (non-hydrogen) atoms. The molecule has 0 radical (unpaired) electrons. The van der Waals surface area contributed by atoms with E-state index in [0.717, 1.165) is 31.2 Å². The van der Waals surface area contributed by atoms with Crippen molar-refractivity contribution in [2.75, 3.05) is 6.54 Å². The number of carboxylic acid groups (broad SMARTS) is 1. The highest BCUT2D eigenvalue weighted by Crippen LogP contribution is 2.39. The van der Waals surface area contributed by atoms with E-state index in [0.29, 0.717) is 6.04 Å². The Morgan fingerprint density at radius 2 is 1.94 bits per heavy atom. The van der Waals surface area contributed by atoms with Gasteiger partial charge in [-0.1, -0.05) is 26.7 Å². The third-order valence-corrected chi connectivity index (χ3v) is 4.64. The normalized spacial score (nSPS) is 35.4. The summed E-state index contributed by atoms with van der Waals surface area (Å²) in [5.41, 5.74) is 0.